The number of H-pyrrole nitrogens is 1. The number of rotatable bonds is 5. The van der Waals surface area contributed by atoms with Gasteiger partial charge in [-0.3, -0.25) is 9.80 Å². The van der Waals surface area contributed by atoms with Crippen molar-refractivity contribution in [2.75, 3.05) is 44.9 Å². The van der Waals surface area contributed by atoms with Gasteiger partial charge in [0, 0.05) is 51.2 Å². The lowest BCUT2D eigenvalue weighted by Gasteiger charge is -2.43. The van der Waals surface area contributed by atoms with Gasteiger partial charge in [0.15, 0.2) is 9.84 Å². The van der Waals surface area contributed by atoms with Gasteiger partial charge in [0.05, 0.1) is 24.7 Å². The summed E-state index contributed by atoms with van der Waals surface area (Å²) in [5.74, 6) is 1.40. The number of aromatic nitrogens is 2. The van der Waals surface area contributed by atoms with Crippen LogP contribution in [0.5, 0.6) is 0 Å². The number of methoxy groups -OCH3 is 1. The molecule has 0 saturated carbocycles. The molecular formula is C13H22N4O3S. The minimum atomic E-state index is -2.95. The highest BCUT2D eigenvalue weighted by Crippen LogP contribution is 2.27. The molecule has 0 bridgehead atoms. The van der Waals surface area contributed by atoms with Gasteiger partial charge in [0.25, 0.3) is 0 Å². The van der Waals surface area contributed by atoms with Gasteiger partial charge in [-0.15, -0.1) is 0 Å². The summed E-state index contributed by atoms with van der Waals surface area (Å²) in [6, 6.07) is 0.138. The standard InChI is InChI=1S/C13H22N4O3S/c1-20-7-6-16-4-5-17(8-13-14-2-3-15-13)12-10-21(18,19)9-11(12)16/h2-3,11-12H,4-10H2,1H3,(H,14,15). The Kier molecular flexibility index (Phi) is 4.30. The van der Waals surface area contributed by atoms with Crippen molar-refractivity contribution in [1.29, 1.82) is 0 Å². The van der Waals surface area contributed by atoms with Crippen LogP contribution in [0.1, 0.15) is 5.82 Å². The van der Waals surface area contributed by atoms with Gasteiger partial charge in [0.1, 0.15) is 5.82 Å². The Morgan fingerprint density at radius 2 is 2.05 bits per heavy atom. The molecule has 8 heteroatoms. The smallest absolute Gasteiger partial charge is 0.153 e. The summed E-state index contributed by atoms with van der Waals surface area (Å²) in [5.41, 5.74) is 0. The molecule has 2 aliphatic rings. The van der Waals surface area contributed by atoms with Crippen molar-refractivity contribution in [3.63, 3.8) is 0 Å². The fourth-order valence-electron chi connectivity index (χ4n) is 3.36. The van der Waals surface area contributed by atoms with Gasteiger partial charge >= 0.3 is 0 Å². The first-order valence-corrected chi connectivity index (χ1v) is 9.07. The lowest BCUT2D eigenvalue weighted by molar-refractivity contribution is 0.0241. The van der Waals surface area contributed by atoms with Crippen LogP contribution in [0, 0.1) is 0 Å². The maximum absolute atomic E-state index is 12.1. The number of hydrogen-bond acceptors (Lipinski definition) is 6. The minimum Gasteiger partial charge on any atom is -0.383 e. The van der Waals surface area contributed by atoms with Gasteiger partial charge in [-0.05, 0) is 0 Å². The Bertz CT molecular complexity index is 560. The van der Waals surface area contributed by atoms with E-state index in [0.717, 1.165) is 25.5 Å². The monoisotopic (exact) mass is 314 g/mol. The van der Waals surface area contributed by atoms with Crippen molar-refractivity contribution in [1.82, 2.24) is 19.8 Å². The Hall–Kier alpha value is -0.960. The summed E-state index contributed by atoms with van der Waals surface area (Å²) in [4.78, 5) is 11.9. The summed E-state index contributed by atoms with van der Waals surface area (Å²) in [6.45, 7) is 3.85. The number of fused-ring (bicyclic) bond motifs is 1. The molecule has 2 fully saturated rings. The molecule has 0 aliphatic carbocycles. The van der Waals surface area contributed by atoms with Crippen LogP contribution in [-0.2, 0) is 21.1 Å². The fraction of sp³-hybridized carbons (Fsp3) is 0.769. The normalized spacial score (nSPS) is 29.6. The highest BCUT2D eigenvalue weighted by Gasteiger charge is 2.46. The number of sulfone groups is 1. The number of piperazine rings is 1. The Morgan fingerprint density at radius 1 is 1.33 bits per heavy atom. The third kappa shape index (κ3) is 3.28. The van der Waals surface area contributed by atoms with Gasteiger partial charge in [0.2, 0.25) is 0 Å². The quantitative estimate of drug-likeness (QED) is 0.777. The van der Waals surface area contributed by atoms with Crippen LogP contribution in [0.15, 0.2) is 12.4 Å². The summed E-state index contributed by atoms with van der Waals surface area (Å²) in [6.07, 6.45) is 3.53. The summed E-state index contributed by atoms with van der Waals surface area (Å²) >= 11 is 0. The maximum atomic E-state index is 12.1. The van der Waals surface area contributed by atoms with E-state index < -0.39 is 9.84 Å². The van der Waals surface area contributed by atoms with Crippen LogP contribution in [-0.4, -0.2) is 85.1 Å². The highest BCUT2D eigenvalue weighted by molar-refractivity contribution is 7.91. The number of ether oxygens (including phenoxy) is 1. The molecule has 3 rings (SSSR count). The molecule has 1 aromatic rings. The van der Waals surface area contributed by atoms with Gasteiger partial charge in [-0.25, -0.2) is 13.4 Å². The van der Waals surface area contributed by atoms with Crippen LogP contribution in [0.25, 0.3) is 0 Å². The zero-order valence-corrected chi connectivity index (χ0v) is 13.1. The van der Waals surface area contributed by atoms with E-state index in [2.05, 4.69) is 19.8 Å². The molecule has 0 radical (unpaired) electrons. The third-order valence-electron chi connectivity index (χ3n) is 4.40. The molecule has 2 aliphatic heterocycles. The number of imidazole rings is 1. The van der Waals surface area contributed by atoms with Crippen molar-refractivity contribution in [3.05, 3.63) is 18.2 Å². The van der Waals surface area contributed by atoms with E-state index in [1.807, 2.05) is 0 Å². The first-order valence-electron chi connectivity index (χ1n) is 7.25. The van der Waals surface area contributed by atoms with E-state index in [4.69, 9.17) is 4.74 Å². The Labute approximate surface area is 125 Å². The molecule has 21 heavy (non-hydrogen) atoms. The third-order valence-corrected chi connectivity index (χ3v) is 6.10. The average Bonchev–Trinajstić information content (AvgIpc) is 3.04. The molecule has 1 N–H and O–H groups in total. The van der Waals surface area contributed by atoms with E-state index in [0.29, 0.717) is 13.2 Å². The number of nitrogens with one attached hydrogen (secondary N) is 1. The molecule has 118 valence electrons. The minimum absolute atomic E-state index is 0.0608. The topological polar surface area (TPSA) is 78.5 Å². The van der Waals surface area contributed by atoms with Crippen LogP contribution >= 0.6 is 0 Å². The van der Waals surface area contributed by atoms with E-state index in [1.54, 1.807) is 19.5 Å². The van der Waals surface area contributed by atoms with Gasteiger partial charge in [-0.2, -0.15) is 0 Å². The number of aromatic amines is 1. The molecule has 0 amide bonds. The maximum Gasteiger partial charge on any atom is 0.153 e. The second kappa shape index (κ2) is 6.04. The largest absolute Gasteiger partial charge is 0.383 e. The van der Waals surface area contributed by atoms with Crippen molar-refractivity contribution >= 4 is 9.84 Å². The van der Waals surface area contributed by atoms with Crippen molar-refractivity contribution in [2.45, 2.75) is 18.6 Å². The van der Waals surface area contributed by atoms with E-state index in [9.17, 15) is 8.42 Å². The predicted molar refractivity (Wildman–Crippen MR) is 78.7 cm³/mol. The summed E-state index contributed by atoms with van der Waals surface area (Å²) in [7, 11) is -1.28. The molecule has 0 aromatic carbocycles. The van der Waals surface area contributed by atoms with E-state index in [1.165, 1.54) is 0 Å². The molecule has 0 spiro atoms. The number of hydrogen-bond donors (Lipinski definition) is 1. The zero-order valence-electron chi connectivity index (χ0n) is 12.2. The first-order chi connectivity index (χ1) is 10.1. The molecule has 2 saturated heterocycles. The molecule has 3 heterocycles. The Morgan fingerprint density at radius 3 is 2.71 bits per heavy atom. The fourth-order valence-corrected chi connectivity index (χ4v) is 5.40. The Balaban J connectivity index is 1.74. The van der Waals surface area contributed by atoms with Crippen molar-refractivity contribution < 1.29 is 13.2 Å². The average molecular weight is 314 g/mol. The van der Waals surface area contributed by atoms with E-state index >= 15 is 0 Å². The van der Waals surface area contributed by atoms with Crippen LogP contribution < -0.4 is 0 Å². The molecule has 2 atom stereocenters. The summed E-state index contributed by atoms with van der Waals surface area (Å²) < 4.78 is 29.2. The second-order valence-corrected chi connectivity index (χ2v) is 7.90. The first kappa shape index (κ1) is 15.0. The van der Waals surface area contributed by atoms with Gasteiger partial charge < -0.3 is 9.72 Å². The lowest BCUT2D eigenvalue weighted by Crippen LogP contribution is -2.59. The summed E-state index contributed by atoms with van der Waals surface area (Å²) in [5, 5.41) is 0. The van der Waals surface area contributed by atoms with Crippen molar-refractivity contribution in [2.24, 2.45) is 0 Å². The molecular weight excluding hydrogens is 292 g/mol. The van der Waals surface area contributed by atoms with Gasteiger partial charge in [-0.1, -0.05) is 0 Å². The number of nitrogens with zero attached hydrogens (tertiary/aromatic N) is 3. The highest BCUT2D eigenvalue weighted by atomic mass is 32.2. The molecule has 1 aromatic heterocycles. The zero-order chi connectivity index (χ0) is 14.9. The van der Waals surface area contributed by atoms with Crippen LogP contribution in [0.4, 0.5) is 0 Å². The predicted octanol–water partition coefficient (Wildman–Crippen LogP) is -0.661. The lowest BCUT2D eigenvalue weighted by atomic mass is 10.0. The second-order valence-electron chi connectivity index (χ2n) is 5.75. The van der Waals surface area contributed by atoms with Crippen LogP contribution in [0.3, 0.4) is 0 Å². The molecule has 7 nitrogen and oxygen atoms in total. The SMILES string of the molecule is COCCN1CCN(Cc2ncc[nH]2)C2CS(=O)(=O)CC21. The van der Waals surface area contributed by atoms with Crippen LogP contribution in [0.2, 0.25) is 0 Å². The van der Waals surface area contributed by atoms with E-state index in [-0.39, 0.29) is 23.6 Å². The van der Waals surface area contributed by atoms with Crippen molar-refractivity contribution in [3.8, 4) is 0 Å². The molecule has 2 unspecified atom stereocenters.